The molecule has 0 aliphatic rings. The summed E-state index contributed by atoms with van der Waals surface area (Å²) in [6.07, 6.45) is 0.904. The molecule has 0 aromatic carbocycles. The average molecular weight is 370 g/mol. The van der Waals surface area contributed by atoms with Crippen LogP contribution in [0.1, 0.15) is 6.92 Å². The van der Waals surface area contributed by atoms with Crippen molar-refractivity contribution in [2.45, 2.75) is 6.92 Å². The van der Waals surface area contributed by atoms with E-state index >= 15 is 0 Å². The van der Waals surface area contributed by atoms with Crippen LogP contribution in [0.3, 0.4) is 0 Å². The number of hydrogen-bond acceptors (Lipinski definition) is 10. The lowest BCUT2D eigenvalue weighted by Crippen LogP contribution is -2.48. The molecule has 0 amide bonds. The molecule has 0 fully saturated rings. The first-order valence-corrected chi connectivity index (χ1v) is 9.49. The van der Waals surface area contributed by atoms with E-state index in [1.165, 1.54) is 49.6 Å². The van der Waals surface area contributed by atoms with Gasteiger partial charge in [-0.05, 0) is 6.92 Å². The highest BCUT2D eigenvalue weighted by molar-refractivity contribution is 6.56. The molecule has 0 spiro atoms. The quantitative estimate of drug-likeness (QED) is 0.378. The van der Waals surface area contributed by atoms with Gasteiger partial charge in [-0.1, -0.05) is 0 Å². The van der Waals surface area contributed by atoms with Crippen LogP contribution in [0.15, 0.2) is 11.6 Å². The molecule has 0 aliphatic heterocycles. The van der Waals surface area contributed by atoms with E-state index in [1.807, 2.05) is 0 Å². The maximum Gasteiger partial charge on any atom is 0.751 e. The van der Waals surface area contributed by atoms with E-state index in [2.05, 4.69) is 0 Å². The van der Waals surface area contributed by atoms with Crippen molar-refractivity contribution in [1.82, 2.24) is 0 Å². The van der Waals surface area contributed by atoms with E-state index in [9.17, 15) is 9.59 Å². The Kier molecular flexibility index (Phi) is 9.40. The summed E-state index contributed by atoms with van der Waals surface area (Å²) in [6.45, 7) is 1.35. The summed E-state index contributed by atoms with van der Waals surface area (Å²) in [5.41, 5.74) is -0.0655. The van der Waals surface area contributed by atoms with Crippen LogP contribution in [-0.2, 0) is 45.0 Å². The molecule has 0 bridgehead atoms. The Hall–Kier alpha value is -1.13. The molecular weight excluding hydrogens is 348 g/mol. The van der Waals surface area contributed by atoms with Gasteiger partial charge in [0.25, 0.3) is 0 Å². The summed E-state index contributed by atoms with van der Waals surface area (Å²) in [7, 11) is 0.502. The first-order valence-electron chi connectivity index (χ1n) is 6.23. The predicted molar refractivity (Wildman–Crippen MR) is 79.5 cm³/mol. The minimum atomic E-state index is -3.57. The number of hydrogen-bond donors (Lipinski definition) is 0. The fourth-order valence-corrected chi connectivity index (χ4v) is 3.53. The van der Waals surface area contributed by atoms with Crippen molar-refractivity contribution in [2.75, 3.05) is 42.7 Å². The Morgan fingerprint density at radius 3 is 1.39 bits per heavy atom. The monoisotopic (exact) mass is 370 g/mol. The summed E-state index contributed by atoms with van der Waals surface area (Å²) in [5, 5.41) is 0. The normalized spacial score (nSPS) is 12.9. The van der Waals surface area contributed by atoms with Gasteiger partial charge in [0.1, 0.15) is 0 Å². The third kappa shape index (κ3) is 6.11. The highest BCUT2D eigenvalue weighted by Gasteiger charge is 2.48. The zero-order chi connectivity index (χ0) is 18.1. The van der Waals surface area contributed by atoms with Gasteiger partial charge < -0.3 is 35.4 Å². The van der Waals surface area contributed by atoms with Gasteiger partial charge >= 0.3 is 30.0 Å². The molecule has 23 heavy (non-hydrogen) atoms. The van der Waals surface area contributed by atoms with Crippen molar-refractivity contribution < 1.29 is 45.0 Å². The van der Waals surface area contributed by atoms with E-state index in [0.29, 0.717) is 0 Å². The van der Waals surface area contributed by atoms with Crippen LogP contribution in [0.5, 0.6) is 0 Å². The van der Waals surface area contributed by atoms with E-state index < -0.39 is 30.0 Å². The molecule has 10 nitrogen and oxygen atoms in total. The molecule has 134 valence electrons. The number of carbonyl (C=O) groups is 2. The standard InChI is InChI=1S/C11H22O10Si2/c1-9(11(13)21-23(17-5,18-6)19-7)8-10(12)20-22(14-2,15-3)16-4/h8H,1-7H3. The smallest absolute Gasteiger partial charge is 0.449 e. The third-order valence-corrected chi connectivity index (χ3v) is 6.49. The minimum Gasteiger partial charge on any atom is -0.449 e. The Bertz CT molecular complexity index is 414. The number of rotatable bonds is 10. The molecule has 0 aromatic heterocycles. The highest BCUT2D eigenvalue weighted by Crippen LogP contribution is 2.13. The van der Waals surface area contributed by atoms with Gasteiger partial charge in [0.05, 0.1) is 0 Å². The summed E-state index contributed by atoms with van der Waals surface area (Å²) in [4.78, 5) is 23.8. The zero-order valence-corrected chi connectivity index (χ0v) is 16.2. The van der Waals surface area contributed by atoms with Crippen LogP contribution in [0.2, 0.25) is 0 Å². The molecule has 0 saturated carbocycles. The van der Waals surface area contributed by atoms with E-state index in [0.717, 1.165) is 6.08 Å². The van der Waals surface area contributed by atoms with Crippen LogP contribution in [0.4, 0.5) is 0 Å². The molecular formula is C11H22O10Si2. The summed E-state index contributed by atoms with van der Waals surface area (Å²) >= 11 is 0. The predicted octanol–water partition coefficient (Wildman–Crippen LogP) is -0.231. The van der Waals surface area contributed by atoms with Gasteiger partial charge in [-0.2, -0.15) is 0 Å². The lowest BCUT2D eigenvalue weighted by Gasteiger charge is -2.23. The average Bonchev–Trinajstić information content (AvgIpc) is 2.57. The fraction of sp³-hybridized carbons (Fsp3) is 0.636. The fourth-order valence-electron chi connectivity index (χ4n) is 1.33. The van der Waals surface area contributed by atoms with Crippen molar-refractivity contribution in [3.63, 3.8) is 0 Å². The molecule has 0 aromatic rings. The van der Waals surface area contributed by atoms with Crippen LogP contribution >= 0.6 is 0 Å². The molecule has 12 heteroatoms. The summed E-state index contributed by atoms with van der Waals surface area (Å²) in [5.74, 6) is -1.75. The second-order valence-corrected chi connectivity index (χ2v) is 8.72. The summed E-state index contributed by atoms with van der Waals surface area (Å²) < 4.78 is 39.7. The molecule has 0 atom stereocenters. The molecule has 0 unspecified atom stereocenters. The molecule has 0 radical (unpaired) electrons. The van der Waals surface area contributed by atoms with Crippen LogP contribution in [0.25, 0.3) is 0 Å². The highest BCUT2D eigenvalue weighted by atomic mass is 28.4. The van der Waals surface area contributed by atoms with E-state index in [4.69, 9.17) is 35.4 Å². The topological polar surface area (TPSA) is 108 Å². The Balaban J connectivity index is 5.00. The lowest BCUT2D eigenvalue weighted by atomic mass is 10.3. The van der Waals surface area contributed by atoms with Crippen molar-refractivity contribution in [2.24, 2.45) is 0 Å². The maximum atomic E-state index is 12.0. The van der Waals surface area contributed by atoms with Crippen LogP contribution in [-0.4, -0.2) is 72.7 Å². The zero-order valence-electron chi connectivity index (χ0n) is 14.2. The van der Waals surface area contributed by atoms with Gasteiger partial charge in [0.2, 0.25) is 0 Å². The largest absolute Gasteiger partial charge is 0.751 e. The molecule has 0 heterocycles. The Labute approximate surface area is 137 Å². The third-order valence-electron chi connectivity index (χ3n) is 2.60. The van der Waals surface area contributed by atoms with Gasteiger partial charge in [-0.25, -0.2) is 9.59 Å². The van der Waals surface area contributed by atoms with Crippen molar-refractivity contribution in [3.8, 4) is 0 Å². The summed E-state index contributed by atoms with van der Waals surface area (Å²) in [6, 6.07) is 0. The molecule has 0 aliphatic carbocycles. The number of carbonyl (C=O) groups excluding carboxylic acids is 2. The molecule has 0 N–H and O–H groups in total. The second-order valence-electron chi connectivity index (χ2n) is 3.86. The maximum absolute atomic E-state index is 12.0. The van der Waals surface area contributed by atoms with Gasteiger partial charge in [-0.15, -0.1) is 0 Å². The van der Waals surface area contributed by atoms with Crippen molar-refractivity contribution >= 4 is 30.0 Å². The van der Waals surface area contributed by atoms with Gasteiger partial charge in [0, 0.05) is 54.3 Å². The van der Waals surface area contributed by atoms with Crippen molar-refractivity contribution in [3.05, 3.63) is 11.6 Å². The van der Waals surface area contributed by atoms with Gasteiger partial charge in [-0.3, -0.25) is 0 Å². The minimum absolute atomic E-state index is 0.0655. The first-order chi connectivity index (χ1) is 10.8. The Morgan fingerprint density at radius 2 is 1.04 bits per heavy atom. The molecule has 0 rings (SSSR count). The van der Waals surface area contributed by atoms with Crippen LogP contribution < -0.4 is 0 Å². The SMILES string of the molecule is CO[Si](OC)(OC)OC(=O)C=C(C)C(=O)O[Si](OC)(OC)OC. The first kappa shape index (κ1) is 21.9. The lowest BCUT2D eigenvalue weighted by molar-refractivity contribution is -0.141. The van der Waals surface area contributed by atoms with Crippen LogP contribution in [0, 0.1) is 0 Å². The van der Waals surface area contributed by atoms with Crippen molar-refractivity contribution in [1.29, 1.82) is 0 Å². The molecule has 0 saturated heterocycles. The van der Waals surface area contributed by atoms with E-state index in [1.54, 1.807) is 0 Å². The second kappa shape index (κ2) is 9.89. The van der Waals surface area contributed by atoms with Gasteiger partial charge in [0.15, 0.2) is 0 Å². The van der Waals surface area contributed by atoms with E-state index in [-0.39, 0.29) is 5.57 Å². The Morgan fingerprint density at radius 1 is 0.696 bits per heavy atom.